The van der Waals surface area contributed by atoms with E-state index in [0.29, 0.717) is 11.6 Å². The molecule has 0 aliphatic rings. The highest BCUT2D eigenvalue weighted by atomic mass is 16.1. The molecule has 0 saturated heterocycles. The third-order valence-corrected chi connectivity index (χ3v) is 2.90. The van der Waals surface area contributed by atoms with Crippen LogP contribution in [0.4, 0.5) is 0 Å². The molecule has 0 aromatic carbocycles. The van der Waals surface area contributed by atoms with Gasteiger partial charge in [-0.15, -0.1) is 0 Å². The third-order valence-electron chi connectivity index (χ3n) is 2.90. The molecule has 0 radical (unpaired) electrons. The lowest BCUT2D eigenvalue weighted by Crippen LogP contribution is -2.29. The summed E-state index contributed by atoms with van der Waals surface area (Å²) in [4.78, 5) is 20.5. The monoisotopic (exact) mass is 220 g/mol. The molecule has 0 fully saturated rings. The highest BCUT2D eigenvalue weighted by Gasteiger charge is 2.10. The fourth-order valence-corrected chi connectivity index (χ4v) is 1.64. The molecule has 1 atom stereocenters. The van der Waals surface area contributed by atoms with Gasteiger partial charge in [-0.05, 0) is 27.1 Å². The molecular weight excluding hydrogens is 204 g/mol. The Hall–Kier alpha value is -1.62. The molecule has 0 aliphatic heterocycles. The summed E-state index contributed by atoms with van der Waals surface area (Å²) in [7, 11) is 4.05. The summed E-state index contributed by atoms with van der Waals surface area (Å²) in [6.45, 7) is 2.90. The second-order valence-corrected chi connectivity index (χ2v) is 4.25. The minimum Gasteiger partial charge on any atom is -0.340 e. The molecule has 0 amide bonds. The molecule has 0 unspecified atom stereocenters. The van der Waals surface area contributed by atoms with Gasteiger partial charge < -0.3 is 14.5 Å². The number of fused-ring (bicyclic) bond motifs is 1. The quantitative estimate of drug-likeness (QED) is 0.827. The number of aromatic amines is 1. The Morgan fingerprint density at radius 2 is 2.31 bits per heavy atom. The van der Waals surface area contributed by atoms with Crippen LogP contribution >= 0.6 is 0 Å². The Bertz CT molecular complexity index is 540. The Labute approximate surface area is 93.7 Å². The van der Waals surface area contributed by atoms with Gasteiger partial charge in [0.2, 0.25) is 0 Å². The molecule has 16 heavy (non-hydrogen) atoms. The van der Waals surface area contributed by atoms with Gasteiger partial charge in [-0.3, -0.25) is 4.79 Å². The predicted molar refractivity (Wildman–Crippen MR) is 63.5 cm³/mol. The van der Waals surface area contributed by atoms with Crippen LogP contribution in [0.5, 0.6) is 0 Å². The van der Waals surface area contributed by atoms with E-state index in [1.54, 1.807) is 0 Å². The van der Waals surface area contributed by atoms with E-state index in [-0.39, 0.29) is 5.56 Å². The first kappa shape index (κ1) is 10.9. The summed E-state index contributed by atoms with van der Waals surface area (Å²) in [5.41, 5.74) is 1.31. The smallest absolute Gasteiger partial charge is 0.275 e. The largest absolute Gasteiger partial charge is 0.340 e. The molecule has 5 nitrogen and oxygen atoms in total. The first-order chi connectivity index (χ1) is 7.59. The van der Waals surface area contributed by atoms with Crippen LogP contribution in [0.1, 0.15) is 6.92 Å². The van der Waals surface area contributed by atoms with Crippen LogP contribution < -0.4 is 5.56 Å². The summed E-state index contributed by atoms with van der Waals surface area (Å²) in [6.07, 6.45) is 3.34. The van der Waals surface area contributed by atoms with Crippen molar-refractivity contribution in [3.8, 4) is 0 Å². The highest BCUT2D eigenvalue weighted by Crippen LogP contribution is 2.09. The van der Waals surface area contributed by atoms with Crippen molar-refractivity contribution in [2.24, 2.45) is 0 Å². The van der Waals surface area contributed by atoms with Crippen molar-refractivity contribution in [3.63, 3.8) is 0 Å². The summed E-state index contributed by atoms with van der Waals surface area (Å²) >= 11 is 0. The maximum atomic E-state index is 11.7. The maximum absolute atomic E-state index is 11.7. The zero-order valence-electron chi connectivity index (χ0n) is 9.77. The van der Waals surface area contributed by atoms with E-state index in [0.717, 1.165) is 12.1 Å². The molecule has 2 rings (SSSR count). The molecule has 2 aromatic heterocycles. The maximum Gasteiger partial charge on any atom is 0.275 e. The van der Waals surface area contributed by atoms with Gasteiger partial charge in [0.15, 0.2) is 0 Å². The lowest BCUT2D eigenvalue weighted by molar-refractivity contribution is 0.286. The lowest BCUT2D eigenvalue weighted by Gasteiger charge is -2.20. The number of nitrogens with zero attached hydrogens (tertiary/aromatic N) is 3. The van der Waals surface area contributed by atoms with Crippen molar-refractivity contribution >= 4 is 11.0 Å². The predicted octanol–water partition coefficient (Wildman–Crippen LogP) is 0.675. The van der Waals surface area contributed by atoms with E-state index >= 15 is 0 Å². The van der Waals surface area contributed by atoms with Gasteiger partial charge >= 0.3 is 0 Å². The lowest BCUT2D eigenvalue weighted by atomic mass is 10.3. The van der Waals surface area contributed by atoms with Crippen molar-refractivity contribution < 1.29 is 0 Å². The van der Waals surface area contributed by atoms with E-state index in [1.165, 1.54) is 6.33 Å². The van der Waals surface area contributed by atoms with Crippen molar-refractivity contribution in [1.29, 1.82) is 0 Å². The summed E-state index contributed by atoms with van der Waals surface area (Å²) < 4.78 is 1.95. The molecule has 5 heteroatoms. The van der Waals surface area contributed by atoms with Gasteiger partial charge in [0.25, 0.3) is 5.56 Å². The molecule has 2 aromatic rings. The highest BCUT2D eigenvalue weighted by molar-refractivity contribution is 5.74. The van der Waals surface area contributed by atoms with Crippen LogP contribution in [0, 0.1) is 0 Å². The molecule has 1 N–H and O–H groups in total. The first-order valence-corrected chi connectivity index (χ1v) is 5.28. The van der Waals surface area contributed by atoms with Gasteiger partial charge in [0, 0.05) is 18.8 Å². The molecule has 0 saturated carbocycles. The average Bonchev–Trinajstić information content (AvgIpc) is 2.63. The van der Waals surface area contributed by atoms with Gasteiger partial charge in [-0.2, -0.15) is 0 Å². The Morgan fingerprint density at radius 3 is 3.00 bits per heavy atom. The van der Waals surface area contributed by atoms with E-state index in [2.05, 4.69) is 21.8 Å². The van der Waals surface area contributed by atoms with Crippen molar-refractivity contribution in [2.45, 2.75) is 19.5 Å². The Balaban J connectivity index is 2.42. The fraction of sp³-hybridized carbons (Fsp3) is 0.455. The van der Waals surface area contributed by atoms with E-state index < -0.39 is 0 Å². The second-order valence-electron chi connectivity index (χ2n) is 4.25. The number of likely N-dealkylation sites (N-methyl/N-ethyl adjacent to an activating group) is 1. The normalized spacial score (nSPS) is 13.5. The minimum atomic E-state index is -0.0824. The van der Waals surface area contributed by atoms with Crippen LogP contribution in [0.2, 0.25) is 0 Å². The first-order valence-electron chi connectivity index (χ1n) is 5.28. The second kappa shape index (κ2) is 4.09. The van der Waals surface area contributed by atoms with Crippen molar-refractivity contribution in [2.75, 3.05) is 14.1 Å². The van der Waals surface area contributed by atoms with Crippen LogP contribution in [0.3, 0.4) is 0 Å². The van der Waals surface area contributed by atoms with Crippen molar-refractivity contribution in [1.82, 2.24) is 19.4 Å². The minimum absolute atomic E-state index is 0.0824. The van der Waals surface area contributed by atoms with Gasteiger partial charge in [-0.25, -0.2) is 4.98 Å². The van der Waals surface area contributed by atoms with Crippen LogP contribution in [-0.4, -0.2) is 39.6 Å². The number of hydrogen-bond acceptors (Lipinski definition) is 3. The summed E-state index contributed by atoms with van der Waals surface area (Å²) in [5.74, 6) is 0. The summed E-state index contributed by atoms with van der Waals surface area (Å²) in [6, 6.07) is 2.24. The third kappa shape index (κ3) is 1.86. The van der Waals surface area contributed by atoms with Crippen molar-refractivity contribution in [3.05, 3.63) is 28.9 Å². The van der Waals surface area contributed by atoms with Crippen LogP contribution in [0.25, 0.3) is 11.0 Å². The fourth-order valence-electron chi connectivity index (χ4n) is 1.64. The van der Waals surface area contributed by atoms with Gasteiger partial charge in [-0.1, -0.05) is 0 Å². The number of nitrogens with one attached hydrogen (secondary N) is 1. The molecular formula is C11H16N4O. The van der Waals surface area contributed by atoms with Gasteiger partial charge in [0.05, 0.1) is 11.8 Å². The number of aromatic nitrogens is 3. The summed E-state index contributed by atoms with van der Waals surface area (Å²) in [5, 5.41) is 0. The van der Waals surface area contributed by atoms with Crippen LogP contribution in [0.15, 0.2) is 23.4 Å². The topological polar surface area (TPSA) is 53.9 Å². The zero-order valence-corrected chi connectivity index (χ0v) is 9.77. The van der Waals surface area contributed by atoms with E-state index in [4.69, 9.17) is 0 Å². The molecule has 0 aliphatic carbocycles. The number of hydrogen-bond donors (Lipinski definition) is 1. The SMILES string of the molecule is C[C@H](Cn1ccc2nc[nH]c(=O)c21)N(C)C. The van der Waals surface area contributed by atoms with E-state index in [1.807, 2.05) is 30.9 Å². The number of rotatable bonds is 3. The van der Waals surface area contributed by atoms with Gasteiger partial charge in [0.1, 0.15) is 5.52 Å². The zero-order chi connectivity index (χ0) is 11.7. The molecule has 0 bridgehead atoms. The Morgan fingerprint density at radius 1 is 1.56 bits per heavy atom. The molecule has 2 heterocycles. The number of H-pyrrole nitrogens is 1. The average molecular weight is 220 g/mol. The molecule has 86 valence electrons. The molecule has 0 spiro atoms. The standard InChI is InChI=1S/C11H16N4O/c1-8(14(2)3)6-15-5-4-9-10(15)11(16)13-7-12-9/h4-5,7-8H,6H2,1-3H3,(H,12,13,16)/t8-/m1/s1. The Kier molecular flexibility index (Phi) is 2.78. The van der Waals surface area contributed by atoms with Crippen LogP contribution in [-0.2, 0) is 6.54 Å². The van der Waals surface area contributed by atoms with E-state index in [9.17, 15) is 4.79 Å².